The van der Waals surface area contributed by atoms with Crippen LogP contribution in [0.3, 0.4) is 0 Å². The van der Waals surface area contributed by atoms with Crippen LogP contribution in [-0.4, -0.2) is 30.2 Å². The zero-order valence-corrected chi connectivity index (χ0v) is 6.84. The molecule has 0 bridgehead atoms. The van der Waals surface area contributed by atoms with Gasteiger partial charge in [0.15, 0.2) is 0 Å². The maximum Gasteiger partial charge on any atom is 0.762 e. The van der Waals surface area contributed by atoms with Crippen molar-refractivity contribution in [3.63, 3.8) is 0 Å². The summed E-state index contributed by atoms with van der Waals surface area (Å²) in [6.45, 7) is 0. The average Bonchev–Trinajstić information content (AvgIpc) is 1.76. The quantitative estimate of drug-likeness (QED) is 0.467. The minimum absolute atomic E-state index is 3.67. The Balaban J connectivity index is -0.0000000600. The molecule has 0 heterocycles. The van der Waals surface area contributed by atoms with Crippen LogP contribution in [0.25, 0.3) is 0 Å². The molecule has 0 aromatic carbocycles. The molecule has 0 unspecified atom stereocenters. The first-order valence-corrected chi connectivity index (χ1v) is 2.62. The molecule has 16 heteroatoms. The fraction of sp³-hybridized carbons (Fsp3) is 0. The first-order chi connectivity index (χ1) is 6.93. The predicted octanol–water partition coefficient (Wildman–Crippen LogP) is 3.52. The van der Waals surface area contributed by atoms with Gasteiger partial charge in [0, 0.05) is 0 Å². The predicted molar refractivity (Wildman–Crippen MR) is 36.3 cm³/mol. The summed E-state index contributed by atoms with van der Waals surface area (Å²) in [4.78, 5) is 0. The molecule has 0 atom stereocenters. The van der Waals surface area contributed by atoms with Crippen molar-refractivity contribution in [2.75, 3.05) is 0 Å². The molecule has 0 saturated carbocycles. The number of rotatable bonds is 0. The van der Waals surface area contributed by atoms with Gasteiger partial charge in [-0.05, 0) is 0 Å². The fourth-order valence-corrected chi connectivity index (χ4v) is 0. The highest BCUT2D eigenvalue weighted by Crippen LogP contribution is 1.81. The van der Waals surface area contributed by atoms with Gasteiger partial charge in [-0.25, -0.2) is 0 Å². The lowest BCUT2D eigenvalue weighted by Crippen LogP contribution is -1.76. The Morgan fingerprint density at radius 1 is 0.250 bits per heavy atom. The van der Waals surface area contributed by atoms with Crippen molar-refractivity contribution in [3.05, 3.63) is 0 Å². The van der Waals surface area contributed by atoms with Crippen LogP contribution in [0.2, 0.25) is 0 Å². The zero-order chi connectivity index (χ0) is 14.3. The van der Waals surface area contributed by atoms with E-state index in [-0.39, 0.29) is 0 Å². The number of hydrogen-bond acceptors (Lipinski definition) is 0. The van der Waals surface area contributed by atoms with Gasteiger partial charge in [-0.3, -0.25) is 51.8 Å². The number of hydrogen-bond donors (Lipinski definition) is 0. The van der Waals surface area contributed by atoms with E-state index in [9.17, 15) is 51.8 Å². The summed E-state index contributed by atoms with van der Waals surface area (Å²) in [6, 6.07) is 0. The maximum atomic E-state index is 9.67. The number of halogens is 12. The molecule has 0 nitrogen and oxygen atoms in total. The highest BCUT2D eigenvalue weighted by Gasteiger charge is 2.07. The van der Waals surface area contributed by atoms with Gasteiger partial charge >= 0.3 is 30.2 Å². The van der Waals surface area contributed by atoms with Crippen molar-refractivity contribution in [1.82, 2.24) is 0 Å². The highest BCUT2D eigenvalue weighted by molar-refractivity contribution is 6.34. The van der Waals surface area contributed by atoms with E-state index in [0.29, 0.717) is 0 Å². The summed E-state index contributed by atoms with van der Waals surface area (Å²) in [7, 11) is -14.7. The third-order valence-electron chi connectivity index (χ3n) is 0. The van der Waals surface area contributed by atoms with Crippen molar-refractivity contribution in [2.45, 2.75) is 0 Å². The lowest BCUT2D eigenvalue weighted by Gasteiger charge is -1.55. The Morgan fingerprint density at radius 2 is 0.250 bits per heavy atom. The molecule has 0 N–H and O–H groups in total. The van der Waals surface area contributed by atoms with Gasteiger partial charge < -0.3 is 0 Å². The third kappa shape index (κ3) is 6150. The van der Waals surface area contributed by atoms with Crippen molar-refractivity contribution in [3.8, 4) is 0 Å². The Morgan fingerprint density at radius 3 is 0.250 bits per heavy atom. The monoisotopic (exact) mass is 272 g/mol. The summed E-state index contributed by atoms with van der Waals surface area (Å²) in [6.07, 6.45) is 0. The molecular formula is B4F12. The minimum Gasteiger partial charge on any atom is -0.254 e. The smallest absolute Gasteiger partial charge is 0.254 e. The van der Waals surface area contributed by atoms with Gasteiger partial charge in [0.1, 0.15) is 0 Å². The third-order valence-corrected chi connectivity index (χ3v) is 0. The lowest BCUT2D eigenvalue weighted by atomic mass is 10.5. The van der Waals surface area contributed by atoms with Crippen molar-refractivity contribution in [1.29, 1.82) is 0 Å². The van der Waals surface area contributed by atoms with Crippen molar-refractivity contribution >= 4 is 30.2 Å². The van der Waals surface area contributed by atoms with E-state index < -0.39 is 30.2 Å². The van der Waals surface area contributed by atoms with E-state index in [1.165, 1.54) is 0 Å². The second kappa shape index (κ2) is 19.9. The van der Waals surface area contributed by atoms with Gasteiger partial charge in [0.2, 0.25) is 0 Å². The minimum atomic E-state index is -3.67. The maximum absolute atomic E-state index is 9.67. The van der Waals surface area contributed by atoms with Crippen LogP contribution < -0.4 is 0 Å². The van der Waals surface area contributed by atoms with Crippen LogP contribution in [0.1, 0.15) is 0 Å². The molecule has 16 heavy (non-hydrogen) atoms. The Hall–Kier alpha value is -0.580. The van der Waals surface area contributed by atoms with Crippen molar-refractivity contribution in [2.24, 2.45) is 0 Å². The molecule has 0 aromatic rings. The first-order valence-electron chi connectivity index (χ1n) is 2.62. The van der Waals surface area contributed by atoms with Crippen molar-refractivity contribution < 1.29 is 51.8 Å². The van der Waals surface area contributed by atoms with Crippen LogP contribution in [-0.2, 0) is 0 Å². The van der Waals surface area contributed by atoms with E-state index in [0.717, 1.165) is 0 Å². The topological polar surface area (TPSA) is 0 Å². The van der Waals surface area contributed by atoms with Gasteiger partial charge in [0.25, 0.3) is 0 Å². The molecular weight excluding hydrogens is 271 g/mol. The molecule has 0 aliphatic rings. The van der Waals surface area contributed by atoms with E-state index in [4.69, 9.17) is 0 Å². The summed E-state index contributed by atoms with van der Waals surface area (Å²) >= 11 is 0. The molecule has 0 aliphatic heterocycles. The zero-order valence-electron chi connectivity index (χ0n) is 6.84. The summed E-state index contributed by atoms with van der Waals surface area (Å²) < 4.78 is 116. The first kappa shape index (κ1) is 24.6. The van der Waals surface area contributed by atoms with E-state index in [2.05, 4.69) is 0 Å². The second-order valence-corrected chi connectivity index (χ2v) is 0.990. The largest absolute Gasteiger partial charge is 0.762 e. The van der Waals surface area contributed by atoms with Crippen LogP contribution in [0.4, 0.5) is 51.8 Å². The molecule has 0 radical (unpaired) electrons. The molecule has 96 valence electrons. The standard InChI is InChI=1S/4BF3/c4*2-1(3)4. The fourth-order valence-electron chi connectivity index (χ4n) is 0. The van der Waals surface area contributed by atoms with Crippen LogP contribution in [0.15, 0.2) is 0 Å². The van der Waals surface area contributed by atoms with Crippen LogP contribution in [0, 0.1) is 0 Å². The summed E-state index contributed by atoms with van der Waals surface area (Å²) in [5.41, 5.74) is 0. The summed E-state index contributed by atoms with van der Waals surface area (Å²) in [5.74, 6) is 0. The SMILES string of the molecule is FB(F)F.FB(F)F.FB(F)F.FB(F)F. The highest BCUT2D eigenvalue weighted by atomic mass is 19.4. The van der Waals surface area contributed by atoms with Gasteiger partial charge in [-0.2, -0.15) is 0 Å². The van der Waals surface area contributed by atoms with Gasteiger partial charge in [0.05, 0.1) is 0 Å². The van der Waals surface area contributed by atoms with E-state index >= 15 is 0 Å². The Kier molecular flexibility index (Phi) is 30.6. The molecule has 0 aromatic heterocycles. The second-order valence-electron chi connectivity index (χ2n) is 0.990. The van der Waals surface area contributed by atoms with Gasteiger partial charge in [-0.1, -0.05) is 0 Å². The molecule has 0 saturated heterocycles. The average molecular weight is 271 g/mol. The van der Waals surface area contributed by atoms with Gasteiger partial charge in [-0.15, -0.1) is 0 Å². The molecule has 0 fully saturated rings. The normalized spacial score (nSPS) is 6.75. The molecule has 0 amide bonds. The van der Waals surface area contributed by atoms with E-state index in [1.807, 2.05) is 0 Å². The molecule has 0 aliphatic carbocycles. The Labute approximate surface area is 83.3 Å². The Bertz CT molecular complexity index is 56.0. The summed E-state index contributed by atoms with van der Waals surface area (Å²) in [5, 5.41) is 0. The molecule has 0 spiro atoms. The lowest BCUT2D eigenvalue weighted by molar-refractivity contribution is 0.533. The molecule has 0 rings (SSSR count). The van der Waals surface area contributed by atoms with Crippen LogP contribution >= 0.6 is 0 Å². The van der Waals surface area contributed by atoms with E-state index in [1.54, 1.807) is 0 Å². The van der Waals surface area contributed by atoms with Crippen LogP contribution in [0.5, 0.6) is 0 Å².